The van der Waals surface area contributed by atoms with Crippen molar-refractivity contribution in [3.05, 3.63) is 132 Å². The third-order valence-electron chi connectivity index (χ3n) is 7.98. The molecule has 7 rings (SSSR count). The lowest BCUT2D eigenvalue weighted by molar-refractivity contribution is -0.137. The summed E-state index contributed by atoms with van der Waals surface area (Å²) in [4.78, 5) is 26.6. The molecule has 8 nitrogen and oxygen atoms in total. The van der Waals surface area contributed by atoms with E-state index in [0.29, 0.717) is 72.5 Å². The molecule has 0 aliphatic carbocycles. The number of nitrogens with zero attached hydrogens (tertiary/aromatic N) is 5. The van der Waals surface area contributed by atoms with Gasteiger partial charge in [0, 0.05) is 43.7 Å². The van der Waals surface area contributed by atoms with Gasteiger partial charge in [-0.25, -0.2) is 4.98 Å². The molecule has 0 bridgehead atoms. The molecular formula is C36H28F3N5O3. The van der Waals surface area contributed by atoms with Crippen molar-refractivity contribution in [3.8, 4) is 22.8 Å². The van der Waals surface area contributed by atoms with Gasteiger partial charge in [-0.15, -0.1) is 0 Å². The summed E-state index contributed by atoms with van der Waals surface area (Å²) in [5, 5.41) is 5.06. The van der Waals surface area contributed by atoms with Crippen LogP contribution in [0.25, 0.3) is 22.4 Å². The van der Waals surface area contributed by atoms with Crippen LogP contribution in [0.4, 0.5) is 19.0 Å². The number of hydrogen-bond acceptors (Lipinski definition) is 7. The van der Waals surface area contributed by atoms with Crippen LogP contribution < -0.4 is 9.64 Å². The van der Waals surface area contributed by atoms with Crippen LogP contribution in [-0.4, -0.2) is 52.1 Å². The zero-order valence-corrected chi connectivity index (χ0v) is 25.0. The number of halogens is 3. The van der Waals surface area contributed by atoms with Crippen molar-refractivity contribution in [3.63, 3.8) is 0 Å². The maximum Gasteiger partial charge on any atom is 0.416 e. The Labute approximate surface area is 268 Å². The molecule has 6 aromatic rings. The fraction of sp³-hybridized carbons (Fsp3) is 0.167. The van der Waals surface area contributed by atoms with Crippen LogP contribution >= 0.6 is 0 Å². The number of aromatic nitrogens is 3. The van der Waals surface area contributed by atoms with Crippen LogP contribution in [0.1, 0.15) is 27.3 Å². The molecule has 11 heteroatoms. The first-order valence-corrected chi connectivity index (χ1v) is 15.1. The Balaban J connectivity index is 1.19. The number of ether oxygens (including phenoxy) is 1. The van der Waals surface area contributed by atoms with Crippen molar-refractivity contribution in [1.29, 1.82) is 0 Å². The summed E-state index contributed by atoms with van der Waals surface area (Å²) in [6.45, 7) is 1.57. The van der Waals surface area contributed by atoms with E-state index in [4.69, 9.17) is 19.2 Å². The average Bonchev–Trinajstić information content (AvgIpc) is 3.53. The standard InChI is InChI=1S/C36H28F3N5O3/c37-36(38,39)27-16-14-25(15-17-27)35(45)44-20-18-43(19-21-44)33-31-32(26-10-7-13-29(23-26)46-28-11-5-2-6-12-28)42-47-34(31)41-30(40-33)22-24-8-3-1-4-9-24/h1-17,23H,18-22H2. The van der Waals surface area contributed by atoms with E-state index in [-0.39, 0.29) is 11.5 Å². The summed E-state index contributed by atoms with van der Waals surface area (Å²) in [6.07, 6.45) is -3.99. The SMILES string of the molecule is O=C(c1ccc(C(F)(F)F)cc1)N1CCN(c2nc(Cc3ccccc3)nc3onc(-c4cccc(Oc5ccccc5)c4)c23)CC1. The third kappa shape index (κ3) is 6.51. The Morgan fingerprint density at radius 2 is 1.47 bits per heavy atom. The minimum atomic E-state index is -4.47. The summed E-state index contributed by atoms with van der Waals surface area (Å²) in [7, 11) is 0. The zero-order valence-electron chi connectivity index (χ0n) is 25.0. The highest BCUT2D eigenvalue weighted by atomic mass is 19.4. The Bertz CT molecular complexity index is 2010. The monoisotopic (exact) mass is 635 g/mol. The van der Waals surface area contributed by atoms with Gasteiger partial charge in [0.15, 0.2) is 0 Å². The maximum absolute atomic E-state index is 13.2. The normalized spacial score (nSPS) is 13.6. The highest BCUT2D eigenvalue weighted by Gasteiger charge is 2.31. The molecule has 1 aliphatic heterocycles. The Kier molecular flexibility index (Phi) is 8.03. The van der Waals surface area contributed by atoms with Crippen LogP contribution in [-0.2, 0) is 12.6 Å². The summed E-state index contributed by atoms with van der Waals surface area (Å²) in [6, 6.07) is 31.2. The van der Waals surface area contributed by atoms with Crippen molar-refractivity contribution in [2.75, 3.05) is 31.1 Å². The molecule has 1 amide bonds. The van der Waals surface area contributed by atoms with E-state index < -0.39 is 11.7 Å². The third-order valence-corrected chi connectivity index (χ3v) is 7.98. The van der Waals surface area contributed by atoms with E-state index in [1.165, 1.54) is 12.1 Å². The van der Waals surface area contributed by atoms with E-state index in [2.05, 4.69) is 10.1 Å². The first kappa shape index (κ1) is 30.0. The Morgan fingerprint density at radius 1 is 0.787 bits per heavy atom. The van der Waals surface area contributed by atoms with Crippen molar-refractivity contribution in [2.45, 2.75) is 12.6 Å². The Morgan fingerprint density at radius 3 is 2.17 bits per heavy atom. The number of alkyl halides is 3. The second-order valence-corrected chi connectivity index (χ2v) is 11.1. The number of carbonyl (C=O) groups is 1. The first-order valence-electron chi connectivity index (χ1n) is 15.1. The topological polar surface area (TPSA) is 84.6 Å². The lowest BCUT2D eigenvalue weighted by atomic mass is 10.1. The number of hydrogen-bond donors (Lipinski definition) is 0. The molecule has 1 fully saturated rings. The number of para-hydroxylation sites is 1. The van der Waals surface area contributed by atoms with Crippen LogP contribution in [0.3, 0.4) is 0 Å². The van der Waals surface area contributed by atoms with Gasteiger partial charge in [-0.05, 0) is 54.1 Å². The molecule has 0 radical (unpaired) electrons. The van der Waals surface area contributed by atoms with E-state index in [1.807, 2.05) is 84.9 Å². The average molecular weight is 636 g/mol. The number of benzene rings is 4. The minimum Gasteiger partial charge on any atom is -0.457 e. The number of amides is 1. The molecule has 0 atom stereocenters. The van der Waals surface area contributed by atoms with Gasteiger partial charge in [-0.2, -0.15) is 18.2 Å². The van der Waals surface area contributed by atoms with Gasteiger partial charge in [0.25, 0.3) is 11.6 Å². The quantitative estimate of drug-likeness (QED) is 0.178. The van der Waals surface area contributed by atoms with Gasteiger partial charge in [0.05, 0.1) is 5.56 Å². The molecule has 0 saturated carbocycles. The van der Waals surface area contributed by atoms with Crippen molar-refractivity contribution < 1.29 is 27.2 Å². The second-order valence-electron chi connectivity index (χ2n) is 11.1. The van der Waals surface area contributed by atoms with Gasteiger partial charge in [0.1, 0.15) is 34.2 Å². The molecule has 47 heavy (non-hydrogen) atoms. The summed E-state index contributed by atoms with van der Waals surface area (Å²) >= 11 is 0. The lowest BCUT2D eigenvalue weighted by Crippen LogP contribution is -2.49. The molecule has 0 N–H and O–H groups in total. The van der Waals surface area contributed by atoms with Crippen LogP contribution in [0, 0.1) is 0 Å². The maximum atomic E-state index is 13.2. The summed E-state index contributed by atoms with van der Waals surface area (Å²) in [5.74, 6) is 2.20. The molecule has 3 heterocycles. The number of piperazine rings is 1. The van der Waals surface area contributed by atoms with Gasteiger partial charge < -0.3 is 19.1 Å². The number of carbonyl (C=O) groups excluding carboxylic acids is 1. The summed E-state index contributed by atoms with van der Waals surface area (Å²) in [5.41, 5.74) is 2.11. The highest BCUT2D eigenvalue weighted by Crippen LogP contribution is 2.36. The molecule has 0 spiro atoms. The second kappa shape index (κ2) is 12.6. The molecular weight excluding hydrogens is 607 g/mol. The van der Waals surface area contributed by atoms with Crippen molar-refractivity contribution in [1.82, 2.24) is 20.0 Å². The van der Waals surface area contributed by atoms with E-state index in [0.717, 1.165) is 23.3 Å². The number of fused-ring (bicyclic) bond motifs is 1. The van der Waals surface area contributed by atoms with Gasteiger partial charge in [-0.3, -0.25) is 4.79 Å². The highest BCUT2D eigenvalue weighted by molar-refractivity contribution is 5.98. The van der Waals surface area contributed by atoms with E-state index >= 15 is 0 Å². The van der Waals surface area contributed by atoms with Gasteiger partial charge >= 0.3 is 6.18 Å². The van der Waals surface area contributed by atoms with Crippen LogP contribution in [0.5, 0.6) is 11.5 Å². The molecule has 1 saturated heterocycles. The molecule has 236 valence electrons. The van der Waals surface area contributed by atoms with Crippen molar-refractivity contribution >= 4 is 22.8 Å². The fourth-order valence-electron chi connectivity index (χ4n) is 5.60. The predicted octanol–water partition coefficient (Wildman–Crippen LogP) is 7.65. The fourth-order valence-corrected chi connectivity index (χ4v) is 5.60. The largest absolute Gasteiger partial charge is 0.457 e. The molecule has 0 unspecified atom stereocenters. The summed E-state index contributed by atoms with van der Waals surface area (Å²) < 4.78 is 51.0. The molecule has 2 aromatic heterocycles. The van der Waals surface area contributed by atoms with Crippen molar-refractivity contribution in [2.24, 2.45) is 0 Å². The number of anilines is 1. The van der Waals surface area contributed by atoms with E-state index in [1.54, 1.807) is 4.90 Å². The smallest absolute Gasteiger partial charge is 0.416 e. The van der Waals surface area contributed by atoms with Crippen LogP contribution in [0.2, 0.25) is 0 Å². The van der Waals surface area contributed by atoms with E-state index in [9.17, 15) is 18.0 Å². The number of rotatable bonds is 7. The molecule has 1 aliphatic rings. The van der Waals surface area contributed by atoms with Gasteiger partial charge in [-0.1, -0.05) is 65.8 Å². The minimum absolute atomic E-state index is 0.208. The first-order chi connectivity index (χ1) is 22.8. The van der Waals surface area contributed by atoms with Gasteiger partial charge in [0.2, 0.25) is 0 Å². The predicted molar refractivity (Wildman–Crippen MR) is 170 cm³/mol. The molecule has 4 aromatic carbocycles. The Hall–Kier alpha value is -5.71. The zero-order chi connectivity index (χ0) is 32.4. The lowest BCUT2D eigenvalue weighted by Gasteiger charge is -2.35. The van der Waals surface area contributed by atoms with Crippen LogP contribution in [0.15, 0.2) is 114 Å².